The number of ether oxygens (including phenoxy) is 2. The van der Waals surface area contributed by atoms with E-state index in [1.165, 1.54) is 24.3 Å². The Morgan fingerprint density at radius 3 is 2.63 bits per heavy atom. The molecule has 0 radical (unpaired) electrons. The van der Waals surface area contributed by atoms with Crippen LogP contribution in [0.15, 0.2) is 43.0 Å². The summed E-state index contributed by atoms with van der Waals surface area (Å²) in [5.41, 5.74) is 0.517. The number of allylic oxidation sites excluding steroid dienone is 1. The highest BCUT2D eigenvalue weighted by Gasteiger charge is 2.27. The lowest BCUT2D eigenvalue weighted by Crippen LogP contribution is -2.21. The Morgan fingerprint density at radius 1 is 1.13 bits per heavy atom. The van der Waals surface area contributed by atoms with E-state index in [1.807, 2.05) is 0 Å². The fourth-order valence-corrected chi connectivity index (χ4v) is 3.92. The van der Waals surface area contributed by atoms with E-state index < -0.39 is 23.6 Å². The van der Waals surface area contributed by atoms with Gasteiger partial charge in [0.2, 0.25) is 0 Å². The molecular weight excluding hydrogens is 389 g/mol. The molecule has 0 spiro atoms. The third-order valence-corrected chi connectivity index (χ3v) is 5.58. The third kappa shape index (κ3) is 5.25. The molecule has 1 aliphatic rings. The molecule has 0 N–H and O–H groups in total. The summed E-state index contributed by atoms with van der Waals surface area (Å²) in [5, 5.41) is 0. The van der Waals surface area contributed by atoms with Gasteiger partial charge in [-0.25, -0.2) is 13.2 Å². The van der Waals surface area contributed by atoms with Gasteiger partial charge < -0.3 is 9.47 Å². The van der Waals surface area contributed by atoms with Crippen LogP contribution in [0.1, 0.15) is 57.1 Å². The number of hydrogen-bond acceptors (Lipinski definition) is 2. The van der Waals surface area contributed by atoms with Gasteiger partial charge in [0, 0.05) is 11.1 Å². The molecule has 1 fully saturated rings. The van der Waals surface area contributed by atoms with Gasteiger partial charge in [0.15, 0.2) is 23.2 Å². The first-order valence-electron chi connectivity index (χ1n) is 10.7. The Morgan fingerprint density at radius 2 is 1.97 bits per heavy atom. The summed E-state index contributed by atoms with van der Waals surface area (Å²) in [7, 11) is 0. The van der Waals surface area contributed by atoms with Crippen LogP contribution in [0.5, 0.6) is 5.75 Å². The van der Waals surface area contributed by atoms with Gasteiger partial charge in [0.1, 0.15) is 0 Å². The molecule has 0 aliphatic carbocycles. The molecule has 2 nitrogen and oxygen atoms in total. The molecule has 2 aromatic carbocycles. The first kappa shape index (κ1) is 22.4. The van der Waals surface area contributed by atoms with E-state index in [0.717, 1.165) is 32.1 Å². The highest BCUT2D eigenvalue weighted by atomic mass is 19.2. The second-order valence-corrected chi connectivity index (χ2v) is 7.81. The zero-order valence-corrected chi connectivity index (χ0v) is 17.4. The molecule has 0 bridgehead atoms. The van der Waals surface area contributed by atoms with Crippen molar-refractivity contribution in [2.24, 2.45) is 5.92 Å². The molecule has 2 atom stereocenters. The van der Waals surface area contributed by atoms with E-state index in [9.17, 15) is 13.2 Å². The topological polar surface area (TPSA) is 18.5 Å². The molecule has 0 saturated carbocycles. The molecule has 5 heteroatoms. The molecule has 30 heavy (non-hydrogen) atoms. The highest BCUT2D eigenvalue weighted by Crippen LogP contribution is 2.37. The Bertz CT molecular complexity index is 858. The molecule has 0 aromatic heterocycles. The molecule has 1 aliphatic heterocycles. The lowest BCUT2D eigenvalue weighted by atomic mass is 9.91. The maximum atomic E-state index is 14.8. The largest absolute Gasteiger partial charge is 0.491 e. The molecular formula is C25H29F3O2. The van der Waals surface area contributed by atoms with E-state index in [2.05, 4.69) is 13.5 Å². The lowest BCUT2D eigenvalue weighted by molar-refractivity contribution is -0.0214. The van der Waals surface area contributed by atoms with Gasteiger partial charge in [-0.15, -0.1) is 6.58 Å². The predicted molar refractivity (Wildman–Crippen MR) is 113 cm³/mol. The molecule has 1 heterocycles. The number of halogens is 3. The lowest BCUT2D eigenvalue weighted by Gasteiger charge is -2.29. The van der Waals surface area contributed by atoms with Gasteiger partial charge in [-0.05, 0) is 55.7 Å². The van der Waals surface area contributed by atoms with Crippen LogP contribution in [-0.4, -0.2) is 13.2 Å². The summed E-state index contributed by atoms with van der Waals surface area (Å²) in [5.74, 6) is -1.92. The summed E-state index contributed by atoms with van der Waals surface area (Å²) < 4.78 is 55.2. The van der Waals surface area contributed by atoms with Crippen LogP contribution in [0.3, 0.4) is 0 Å². The molecule has 3 rings (SSSR count). The smallest absolute Gasteiger partial charge is 0.167 e. The minimum atomic E-state index is -0.981. The van der Waals surface area contributed by atoms with Crippen molar-refractivity contribution < 1.29 is 22.6 Å². The van der Waals surface area contributed by atoms with Crippen molar-refractivity contribution in [3.05, 3.63) is 66.0 Å². The zero-order valence-electron chi connectivity index (χ0n) is 17.4. The van der Waals surface area contributed by atoms with Crippen LogP contribution in [0.25, 0.3) is 11.1 Å². The minimum Gasteiger partial charge on any atom is -0.491 e. The second kappa shape index (κ2) is 10.7. The van der Waals surface area contributed by atoms with Gasteiger partial charge in [-0.2, -0.15) is 0 Å². The Hall–Kier alpha value is -2.27. The third-order valence-electron chi connectivity index (χ3n) is 5.58. The molecule has 162 valence electrons. The second-order valence-electron chi connectivity index (χ2n) is 7.81. The van der Waals surface area contributed by atoms with Crippen LogP contribution >= 0.6 is 0 Å². The predicted octanol–water partition coefficient (Wildman–Crippen LogP) is 7.38. The van der Waals surface area contributed by atoms with E-state index in [0.29, 0.717) is 25.6 Å². The van der Waals surface area contributed by atoms with E-state index in [-0.39, 0.29) is 22.4 Å². The molecule has 2 unspecified atom stereocenters. The zero-order chi connectivity index (χ0) is 21.5. The van der Waals surface area contributed by atoms with Crippen molar-refractivity contribution in [2.75, 3.05) is 13.2 Å². The summed E-state index contributed by atoms with van der Waals surface area (Å²) in [6, 6.07) is 7.20. The maximum Gasteiger partial charge on any atom is 0.167 e. The van der Waals surface area contributed by atoms with Crippen molar-refractivity contribution in [1.82, 2.24) is 0 Å². The molecule has 2 aromatic rings. The quantitative estimate of drug-likeness (QED) is 0.312. The number of benzene rings is 2. The van der Waals surface area contributed by atoms with Crippen LogP contribution in [0, 0.1) is 23.4 Å². The van der Waals surface area contributed by atoms with Gasteiger partial charge in [-0.3, -0.25) is 0 Å². The van der Waals surface area contributed by atoms with Crippen molar-refractivity contribution in [1.29, 1.82) is 0 Å². The summed E-state index contributed by atoms with van der Waals surface area (Å²) in [6.07, 6.45) is 6.63. The molecule has 1 saturated heterocycles. The Kier molecular flexibility index (Phi) is 7.97. The highest BCUT2D eigenvalue weighted by molar-refractivity contribution is 5.66. The number of hydrogen-bond donors (Lipinski definition) is 0. The fraction of sp³-hybridized carbons (Fsp3) is 0.440. The van der Waals surface area contributed by atoms with Gasteiger partial charge >= 0.3 is 0 Å². The average Bonchev–Trinajstić information content (AvgIpc) is 2.75. The van der Waals surface area contributed by atoms with E-state index in [1.54, 1.807) is 12.1 Å². The van der Waals surface area contributed by atoms with Crippen LogP contribution in [-0.2, 0) is 4.74 Å². The van der Waals surface area contributed by atoms with Crippen LogP contribution in [0.2, 0.25) is 0 Å². The first-order chi connectivity index (χ1) is 14.5. The summed E-state index contributed by atoms with van der Waals surface area (Å²) >= 11 is 0. The monoisotopic (exact) mass is 418 g/mol. The van der Waals surface area contributed by atoms with Crippen LogP contribution < -0.4 is 4.74 Å². The van der Waals surface area contributed by atoms with Crippen molar-refractivity contribution in [3.8, 4) is 16.9 Å². The van der Waals surface area contributed by atoms with Crippen molar-refractivity contribution in [3.63, 3.8) is 0 Å². The first-order valence-corrected chi connectivity index (χ1v) is 10.7. The number of unbranched alkanes of at least 4 members (excludes halogenated alkanes) is 1. The molecule has 0 amide bonds. The van der Waals surface area contributed by atoms with Crippen LogP contribution in [0.4, 0.5) is 13.2 Å². The SMILES string of the molecule is C=CCCCOc1ccc(-c2ccc(C3CCC(CCC)CO3)c(F)c2F)cc1F. The van der Waals surface area contributed by atoms with Gasteiger partial charge in [0.05, 0.1) is 19.3 Å². The van der Waals surface area contributed by atoms with Gasteiger partial charge in [0.25, 0.3) is 0 Å². The van der Waals surface area contributed by atoms with E-state index >= 15 is 0 Å². The fourth-order valence-electron chi connectivity index (χ4n) is 3.92. The Balaban J connectivity index is 1.74. The van der Waals surface area contributed by atoms with Gasteiger partial charge in [-0.1, -0.05) is 37.6 Å². The maximum absolute atomic E-state index is 14.8. The van der Waals surface area contributed by atoms with Crippen molar-refractivity contribution >= 4 is 0 Å². The standard InChI is InChI=1S/C25H29F3O2/c1-3-5-6-14-29-23-13-9-18(15-21(23)26)19-10-11-20(25(28)24(19)27)22-12-8-17(7-4-2)16-30-22/h3,9-11,13,15,17,22H,1,4-8,12,14,16H2,2H3. The normalized spacial score (nSPS) is 18.9. The number of rotatable bonds is 9. The van der Waals surface area contributed by atoms with Crippen molar-refractivity contribution in [2.45, 2.75) is 51.6 Å². The summed E-state index contributed by atoms with van der Waals surface area (Å²) in [6.45, 7) is 6.69. The summed E-state index contributed by atoms with van der Waals surface area (Å²) in [4.78, 5) is 0. The average molecular weight is 418 g/mol. The minimum absolute atomic E-state index is 0.0213. The Labute approximate surface area is 176 Å². The van der Waals surface area contributed by atoms with E-state index in [4.69, 9.17) is 9.47 Å².